The molecule has 132 valence electrons. The lowest BCUT2D eigenvalue weighted by molar-refractivity contribution is 0.232. The Bertz CT molecular complexity index is 695. The van der Waals surface area contributed by atoms with E-state index >= 15 is 0 Å². The van der Waals surface area contributed by atoms with Crippen molar-refractivity contribution in [1.82, 2.24) is 10.2 Å². The van der Waals surface area contributed by atoms with E-state index in [4.69, 9.17) is 0 Å². The van der Waals surface area contributed by atoms with Gasteiger partial charge in [0.2, 0.25) is 0 Å². The van der Waals surface area contributed by atoms with Gasteiger partial charge >= 0.3 is 0 Å². The lowest BCUT2D eigenvalue weighted by atomic mass is 9.97. The lowest BCUT2D eigenvalue weighted by Gasteiger charge is -2.31. The standard InChI is InChI=1S/C21H26BrN3/c22-18-7-9-19(10-8-18)25-13-3-6-21(25)20-5-2-1-4-17(20)16-24-14-11-23-12-15-24/h1-2,4-5,7-10,21,23H,3,6,11-16H2. The number of halogens is 1. The van der Waals surface area contributed by atoms with Crippen molar-refractivity contribution in [1.29, 1.82) is 0 Å². The summed E-state index contributed by atoms with van der Waals surface area (Å²) in [5.74, 6) is 0. The monoisotopic (exact) mass is 399 g/mol. The molecule has 4 heteroatoms. The number of anilines is 1. The molecule has 0 aromatic heterocycles. The number of hydrogen-bond donors (Lipinski definition) is 1. The molecule has 0 bridgehead atoms. The Hall–Kier alpha value is -1.36. The minimum atomic E-state index is 0.500. The smallest absolute Gasteiger partial charge is 0.0546 e. The Morgan fingerprint density at radius 2 is 1.72 bits per heavy atom. The summed E-state index contributed by atoms with van der Waals surface area (Å²) in [7, 11) is 0. The van der Waals surface area contributed by atoms with Crippen LogP contribution >= 0.6 is 15.9 Å². The summed E-state index contributed by atoms with van der Waals surface area (Å²) in [6.07, 6.45) is 2.51. The quantitative estimate of drug-likeness (QED) is 0.830. The van der Waals surface area contributed by atoms with Crippen molar-refractivity contribution in [2.24, 2.45) is 0 Å². The molecule has 2 fully saturated rings. The van der Waals surface area contributed by atoms with Crippen LogP contribution in [-0.2, 0) is 6.54 Å². The molecule has 25 heavy (non-hydrogen) atoms. The number of nitrogens with one attached hydrogen (secondary N) is 1. The minimum Gasteiger partial charge on any atom is -0.364 e. The third-order valence-electron chi connectivity index (χ3n) is 5.43. The second-order valence-electron chi connectivity index (χ2n) is 7.05. The van der Waals surface area contributed by atoms with Crippen LogP contribution in [0.15, 0.2) is 53.0 Å². The molecular formula is C21H26BrN3. The largest absolute Gasteiger partial charge is 0.364 e. The summed E-state index contributed by atoms with van der Waals surface area (Å²) in [5, 5.41) is 3.45. The maximum atomic E-state index is 3.55. The summed E-state index contributed by atoms with van der Waals surface area (Å²) in [6.45, 7) is 6.73. The van der Waals surface area contributed by atoms with Gasteiger partial charge in [0.25, 0.3) is 0 Å². The van der Waals surface area contributed by atoms with E-state index in [0.717, 1.165) is 43.7 Å². The van der Waals surface area contributed by atoms with Crippen LogP contribution in [0.2, 0.25) is 0 Å². The van der Waals surface area contributed by atoms with Crippen LogP contribution in [0, 0.1) is 0 Å². The summed E-state index contributed by atoms with van der Waals surface area (Å²) >= 11 is 3.55. The van der Waals surface area contributed by atoms with Crippen molar-refractivity contribution in [3.8, 4) is 0 Å². The molecule has 0 aliphatic carbocycles. The first-order valence-electron chi connectivity index (χ1n) is 9.34. The summed E-state index contributed by atoms with van der Waals surface area (Å²) in [6, 6.07) is 18.3. The van der Waals surface area contributed by atoms with Crippen molar-refractivity contribution in [3.63, 3.8) is 0 Å². The number of nitrogens with zero attached hydrogens (tertiary/aromatic N) is 2. The van der Waals surface area contributed by atoms with Crippen LogP contribution in [-0.4, -0.2) is 37.6 Å². The molecule has 2 aromatic carbocycles. The molecule has 2 saturated heterocycles. The predicted octanol–water partition coefficient (Wildman–Crippen LogP) is 4.20. The van der Waals surface area contributed by atoms with Crippen LogP contribution in [0.5, 0.6) is 0 Å². The van der Waals surface area contributed by atoms with Crippen LogP contribution in [0.25, 0.3) is 0 Å². The molecule has 0 amide bonds. The molecule has 1 N–H and O–H groups in total. The summed E-state index contributed by atoms with van der Waals surface area (Å²) in [5.41, 5.74) is 4.35. The van der Waals surface area contributed by atoms with E-state index in [1.165, 1.54) is 29.7 Å². The number of rotatable bonds is 4. The van der Waals surface area contributed by atoms with Gasteiger partial charge in [-0.2, -0.15) is 0 Å². The van der Waals surface area contributed by atoms with Gasteiger partial charge in [-0.3, -0.25) is 4.90 Å². The Morgan fingerprint density at radius 3 is 2.52 bits per heavy atom. The lowest BCUT2D eigenvalue weighted by Crippen LogP contribution is -2.43. The van der Waals surface area contributed by atoms with Gasteiger partial charge in [-0.15, -0.1) is 0 Å². The fourth-order valence-electron chi connectivity index (χ4n) is 4.15. The van der Waals surface area contributed by atoms with Gasteiger partial charge in [-0.05, 0) is 48.2 Å². The first-order valence-corrected chi connectivity index (χ1v) is 10.1. The minimum absolute atomic E-state index is 0.500. The van der Waals surface area contributed by atoms with E-state index in [9.17, 15) is 0 Å². The Kier molecular flexibility index (Phi) is 5.39. The first-order chi connectivity index (χ1) is 12.3. The zero-order valence-corrected chi connectivity index (χ0v) is 16.2. The predicted molar refractivity (Wildman–Crippen MR) is 108 cm³/mol. The van der Waals surface area contributed by atoms with E-state index in [1.807, 2.05) is 0 Å². The highest BCUT2D eigenvalue weighted by Crippen LogP contribution is 2.38. The third kappa shape index (κ3) is 3.91. The molecule has 1 atom stereocenters. The SMILES string of the molecule is Brc1ccc(N2CCCC2c2ccccc2CN2CCNCC2)cc1. The molecule has 0 radical (unpaired) electrons. The summed E-state index contributed by atoms with van der Waals surface area (Å²) < 4.78 is 1.14. The fourth-order valence-corrected chi connectivity index (χ4v) is 4.41. The highest BCUT2D eigenvalue weighted by Gasteiger charge is 2.28. The topological polar surface area (TPSA) is 18.5 Å². The molecule has 1 unspecified atom stereocenters. The number of piperazine rings is 1. The van der Waals surface area contributed by atoms with Crippen LogP contribution in [0.4, 0.5) is 5.69 Å². The molecule has 2 heterocycles. The van der Waals surface area contributed by atoms with Crippen LogP contribution in [0.1, 0.15) is 30.0 Å². The fraction of sp³-hybridized carbons (Fsp3) is 0.429. The second kappa shape index (κ2) is 7.90. The van der Waals surface area contributed by atoms with Gasteiger partial charge in [-0.1, -0.05) is 40.2 Å². The molecule has 4 rings (SSSR count). The van der Waals surface area contributed by atoms with Gasteiger partial charge in [0.1, 0.15) is 0 Å². The molecule has 3 nitrogen and oxygen atoms in total. The first kappa shape index (κ1) is 17.1. The van der Waals surface area contributed by atoms with Crippen molar-refractivity contribution in [3.05, 3.63) is 64.1 Å². The number of benzene rings is 2. The van der Waals surface area contributed by atoms with Crippen LogP contribution in [0.3, 0.4) is 0 Å². The maximum Gasteiger partial charge on any atom is 0.0546 e. The van der Waals surface area contributed by atoms with Gasteiger partial charge in [-0.25, -0.2) is 0 Å². The van der Waals surface area contributed by atoms with E-state index in [1.54, 1.807) is 0 Å². The molecule has 0 saturated carbocycles. The average molecular weight is 400 g/mol. The second-order valence-corrected chi connectivity index (χ2v) is 7.97. The van der Waals surface area contributed by atoms with Crippen molar-refractivity contribution < 1.29 is 0 Å². The van der Waals surface area contributed by atoms with Gasteiger partial charge in [0.15, 0.2) is 0 Å². The van der Waals surface area contributed by atoms with Crippen LogP contribution < -0.4 is 10.2 Å². The molecule has 2 aromatic rings. The summed E-state index contributed by atoms with van der Waals surface area (Å²) in [4.78, 5) is 5.16. The highest BCUT2D eigenvalue weighted by molar-refractivity contribution is 9.10. The maximum absolute atomic E-state index is 3.55. The normalized spacial score (nSPS) is 21.6. The van der Waals surface area contributed by atoms with E-state index in [0.29, 0.717) is 6.04 Å². The molecule has 2 aliphatic heterocycles. The average Bonchev–Trinajstić information content (AvgIpc) is 3.13. The van der Waals surface area contributed by atoms with E-state index in [-0.39, 0.29) is 0 Å². The highest BCUT2D eigenvalue weighted by atomic mass is 79.9. The molecule has 2 aliphatic rings. The zero-order chi connectivity index (χ0) is 17.1. The zero-order valence-electron chi connectivity index (χ0n) is 14.6. The number of hydrogen-bond acceptors (Lipinski definition) is 3. The van der Waals surface area contributed by atoms with Gasteiger partial charge < -0.3 is 10.2 Å². The van der Waals surface area contributed by atoms with Gasteiger partial charge in [0.05, 0.1) is 6.04 Å². The Morgan fingerprint density at radius 1 is 0.960 bits per heavy atom. The van der Waals surface area contributed by atoms with Gasteiger partial charge in [0, 0.05) is 49.4 Å². The Labute approximate surface area is 159 Å². The van der Waals surface area contributed by atoms with Crippen molar-refractivity contribution >= 4 is 21.6 Å². The van der Waals surface area contributed by atoms with Crippen molar-refractivity contribution in [2.45, 2.75) is 25.4 Å². The molecular weight excluding hydrogens is 374 g/mol. The Balaban J connectivity index is 1.58. The molecule has 0 spiro atoms. The van der Waals surface area contributed by atoms with Crippen molar-refractivity contribution in [2.75, 3.05) is 37.6 Å². The van der Waals surface area contributed by atoms with E-state index < -0.39 is 0 Å². The third-order valence-corrected chi connectivity index (χ3v) is 5.96. The van der Waals surface area contributed by atoms with E-state index in [2.05, 4.69) is 79.6 Å².